The third-order valence-corrected chi connectivity index (χ3v) is 3.12. The molecule has 110 valence electrons. The number of carbonyl (C=O) groups excluding carboxylic acids is 1. The third kappa shape index (κ3) is 3.46. The predicted molar refractivity (Wildman–Crippen MR) is 75.1 cm³/mol. The van der Waals surface area contributed by atoms with Crippen molar-refractivity contribution in [3.63, 3.8) is 0 Å². The van der Waals surface area contributed by atoms with E-state index >= 15 is 0 Å². The molecule has 7 heteroatoms. The molecule has 0 spiro atoms. The molecule has 0 aliphatic heterocycles. The zero-order valence-electron chi connectivity index (χ0n) is 10.8. The van der Waals surface area contributed by atoms with E-state index in [0.29, 0.717) is 10.7 Å². The quantitative estimate of drug-likeness (QED) is 0.774. The maximum atomic E-state index is 13.4. The normalized spacial score (nSPS) is 10.3. The average Bonchev–Trinajstić information content (AvgIpc) is 2.44. The highest BCUT2D eigenvalue weighted by atomic mass is 35.5. The van der Waals surface area contributed by atoms with Gasteiger partial charge in [0.15, 0.2) is 17.5 Å². The molecule has 2 aromatic rings. The zero-order chi connectivity index (χ0) is 15.6. The summed E-state index contributed by atoms with van der Waals surface area (Å²) in [6.45, 7) is 1.79. The summed E-state index contributed by atoms with van der Waals surface area (Å²) in [4.78, 5) is 11.7. The fraction of sp³-hybridized carbons (Fsp3) is 0.0714. The van der Waals surface area contributed by atoms with Gasteiger partial charge in [-0.05, 0) is 36.8 Å². The molecule has 0 fully saturated rings. The van der Waals surface area contributed by atoms with Crippen molar-refractivity contribution in [2.75, 3.05) is 10.6 Å². The Bertz CT molecular complexity index is 707. The van der Waals surface area contributed by atoms with Gasteiger partial charge in [0.05, 0.1) is 5.69 Å². The van der Waals surface area contributed by atoms with Crippen LogP contribution in [0.25, 0.3) is 0 Å². The fourth-order valence-electron chi connectivity index (χ4n) is 1.58. The van der Waals surface area contributed by atoms with E-state index in [1.807, 2.05) is 0 Å². The van der Waals surface area contributed by atoms with Gasteiger partial charge in [0.25, 0.3) is 0 Å². The molecule has 0 aliphatic carbocycles. The zero-order valence-corrected chi connectivity index (χ0v) is 11.6. The molecule has 0 aromatic heterocycles. The number of urea groups is 1. The van der Waals surface area contributed by atoms with Crippen LogP contribution in [0.3, 0.4) is 0 Å². The number of aryl methyl sites for hydroxylation is 1. The van der Waals surface area contributed by atoms with Crippen LogP contribution in [0.5, 0.6) is 0 Å². The van der Waals surface area contributed by atoms with Crippen LogP contribution < -0.4 is 10.6 Å². The van der Waals surface area contributed by atoms with Crippen molar-refractivity contribution in [3.8, 4) is 0 Å². The smallest absolute Gasteiger partial charge is 0.308 e. The summed E-state index contributed by atoms with van der Waals surface area (Å²) in [6.07, 6.45) is 0. The Morgan fingerprint density at radius 2 is 1.76 bits per heavy atom. The van der Waals surface area contributed by atoms with Crippen LogP contribution in [0.15, 0.2) is 30.3 Å². The Balaban J connectivity index is 2.12. The summed E-state index contributed by atoms with van der Waals surface area (Å²) in [5.74, 6) is -4.44. The summed E-state index contributed by atoms with van der Waals surface area (Å²) >= 11 is 5.90. The van der Waals surface area contributed by atoms with Crippen LogP contribution in [-0.2, 0) is 0 Å². The second-order valence-corrected chi connectivity index (χ2v) is 4.67. The van der Waals surface area contributed by atoms with E-state index in [0.717, 1.165) is 17.7 Å². The lowest BCUT2D eigenvalue weighted by molar-refractivity contribution is 0.262. The number of benzene rings is 2. The van der Waals surface area contributed by atoms with Crippen molar-refractivity contribution in [2.45, 2.75) is 6.92 Å². The van der Waals surface area contributed by atoms with Crippen molar-refractivity contribution in [1.29, 1.82) is 0 Å². The van der Waals surface area contributed by atoms with Gasteiger partial charge in [-0.25, -0.2) is 18.0 Å². The first kappa shape index (κ1) is 15.2. The van der Waals surface area contributed by atoms with E-state index in [-0.39, 0.29) is 0 Å². The number of carbonyl (C=O) groups is 1. The third-order valence-electron chi connectivity index (χ3n) is 2.71. The lowest BCUT2D eigenvalue weighted by atomic mass is 10.2. The standard InChI is InChI=1S/C14H10ClF3N2O/c1-7-2-3-8(6-9(7)15)19-14(21)20-11-5-4-10(16)12(17)13(11)18/h2-6H,1H3,(H2,19,20,21). The van der Waals surface area contributed by atoms with Gasteiger partial charge in [-0.15, -0.1) is 0 Å². The number of halogens is 4. The molecule has 0 heterocycles. The Kier molecular flexibility index (Phi) is 4.37. The van der Waals surface area contributed by atoms with Crippen LogP contribution in [0.2, 0.25) is 5.02 Å². The number of hydrogen-bond acceptors (Lipinski definition) is 1. The van der Waals surface area contributed by atoms with Crippen LogP contribution >= 0.6 is 11.6 Å². The maximum absolute atomic E-state index is 13.4. The van der Waals surface area contributed by atoms with Gasteiger partial charge in [-0.3, -0.25) is 0 Å². The molecule has 0 radical (unpaired) electrons. The lowest BCUT2D eigenvalue weighted by Crippen LogP contribution is -2.20. The number of anilines is 2. The highest BCUT2D eigenvalue weighted by Crippen LogP contribution is 2.22. The highest BCUT2D eigenvalue weighted by Gasteiger charge is 2.15. The molecule has 0 atom stereocenters. The van der Waals surface area contributed by atoms with Crippen molar-refractivity contribution in [2.24, 2.45) is 0 Å². The Morgan fingerprint density at radius 1 is 1.05 bits per heavy atom. The summed E-state index contributed by atoms with van der Waals surface area (Å²) in [5, 5.41) is 4.94. The van der Waals surface area contributed by atoms with Gasteiger partial charge in [-0.1, -0.05) is 17.7 Å². The van der Waals surface area contributed by atoms with E-state index in [1.54, 1.807) is 19.1 Å². The number of rotatable bonds is 2. The number of amides is 2. The lowest BCUT2D eigenvalue weighted by Gasteiger charge is -2.10. The van der Waals surface area contributed by atoms with Gasteiger partial charge in [0.2, 0.25) is 0 Å². The molecule has 2 aromatic carbocycles. The minimum Gasteiger partial charge on any atom is -0.308 e. The minimum absolute atomic E-state index is 0.381. The molecule has 2 amide bonds. The molecule has 0 saturated heterocycles. The first-order valence-electron chi connectivity index (χ1n) is 5.86. The number of hydrogen-bond donors (Lipinski definition) is 2. The van der Waals surface area contributed by atoms with Gasteiger partial charge >= 0.3 is 6.03 Å². The minimum atomic E-state index is -1.65. The maximum Gasteiger partial charge on any atom is 0.323 e. The Hall–Kier alpha value is -2.21. The molecular formula is C14H10ClF3N2O. The molecular weight excluding hydrogens is 305 g/mol. The van der Waals surface area contributed by atoms with Gasteiger partial charge in [0, 0.05) is 10.7 Å². The van der Waals surface area contributed by atoms with Crippen LogP contribution in [0, 0.1) is 24.4 Å². The average molecular weight is 315 g/mol. The molecule has 2 N–H and O–H groups in total. The summed E-state index contributed by atoms with van der Waals surface area (Å²) < 4.78 is 39.2. The second kappa shape index (κ2) is 6.05. The van der Waals surface area contributed by atoms with Crippen molar-refractivity contribution < 1.29 is 18.0 Å². The summed E-state index contributed by atoms with van der Waals surface area (Å²) in [7, 11) is 0. The fourth-order valence-corrected chi connectivity index (χ4v) is 1.76. The summed E-state index contributed by atoms with van der Waals surface area (Å²) in [5.41, 5.74) is 0.741. The molecule has 21 heavy (non-hydrogen) atoms. The largest absolute Gasteiger partial charge is 0.323 e. The van der Waals surface area contributed by atoms with Gasteiger partial charge in [0.1, 0.15) is 0 Å². The van der Waals surface area contributed by atoms with Gasteiger partial charge in [-0.2, -0.15) is 0 Å². The van der Waals surface area contributed by atoms with Crippen LogP contribution in [0.1, 0.15) is 5.56 Å². The first-order valence-corrected chi connectivity index (χ1v) is 6.24. The van der Waals surface area contributed by atoms with E-state index in [2.05, 4.69) is 10.6 Å². The molecule has 0 bridgehead atoms. The second-order valence-electron chi connectivity index (χ2n) is 4.27. The number of nitrogens with one attached hydrogen (secondary N) is 2. The van der Waals surface area contributed by atoms with Crippen molar-refractivity contribution in [3.05, 3.63) is 58.4 Å². The monoisotopic (exact) mass is 314 g/mol. The van der Waals surface area contributed by atoms with Crippen LogP contribution in [0.4, 0.5) is 29.3 Å². The topological polar surface area (TPSA) is 41.1 Å². The molecule has 0 aliphatic rings. The van der Waals surface area contributed by atoms with Crippen LogP contribution in [-0.4, -0.2) is 6.03 Å². The molecule has 3 nitrogen and oxygen atoms in total. The van der Waals surface area contributed by atoms with Crippen molar-refractivity contribution in [1.82, 2.24) is 0 Å². The van der Waals surface area contributed by atoms with Crippen molar-refractivity contribution >= 4 is 29.0 Å². The van der Waals surface area contributed by atoms with Gasteiger partial charge < -0.3 is 10.6 Å². The SMILES string of the molecule is Cc1ccc(NC(=O)Nc2ccc(F)c(F)c2F)cc1Cl. The molecule has 0 unspecified atom stereocenters. The molecule has 0 saturated carbocycles. The van der Waals surface area contributed by atoms with E-state index in [9.17, 15) is 18.0 Å². The first-order chi connectivity index (χ1) is 9.88. The Labute approximate surface area is 123 Å². The Morgan fingerprint density at radius 3 is 2.43 bits per heavy atom. The van der Waals surface area contributed by atoms with E-state index in [4.69, 9.17) is 11.6 Å². The molecule has 2 rings (SSSR count). The van der Waals surface area contributed by atoms with E-state index < -0.39 is 29.2 Å². The van der Waals surface area contributed by atoms with E-state index in [1.165, 1.54) is 6.07 Å². The predicted octanol–water partition coefficient (Wildman–Crippen LogP) is 4.71. The highest BCUT2D eigenvalue weighted by molar-refractivity contribution is 6.31. The summed E-state index contributed by atoms with van der Waals surface area (Å²) in [6, 6.07) is 5.64.